The molecule has 1 aromatic heterocycles. The summed E-state index contributed by atoms with van der Waals surface area (Å²) in [5, 5.41) is 8.78. The molecule has 2 aromatic rings. The molecule has 1 aliphatic heterocycles. The van der Waals surface area contributed by atoms with E-state index in [4.69, 9.17) is 17.7 Å². The predicted octanol–water partition coefficient (Wildman–Crippen LogP) is 1.90. The number of fused-ring (bicyclic) bond motifs is 1. The number of benzene rings is 1. The van der Waals surface area contributed by atoms with Gasteiger partial charge in [-0.1, -0.05) is 6.07 Å². The van der Waals surface area contributed by atoms with Gasteiger partial charge in [0, 0.05) is 26.6 Å². The minimum absolute atomic E-state index is 0.0575. The van der Waals surface area contributed by atoms with E-state index in [9.17, 15) is 0 Å². The molecule has 1 aromatic carbocycles. The average Bonchev–Trinajstić information content (AvgIpc) is 3.06. The summed E-state index contributed by atoms with van der Waals surface area (Å²) in [6, 6.07) is 5.41. The van der Waals surface area contributed by atoms with E-state index in [-0.39, 0.29) is 19.1 Å². The van der Waals surface area contributed by atoms with Gasteiger partial charge < -0.3 is 14.4 Å². The maximum Gasteiger partial charge on any atom is 0.129 e. The van der Waals surface area contributed by atoms with E-state index in [1.807, 2.05) is 12.1 Å². The fourth-order valence-corrected chi connectivity index (χ4v) is 2.46. The molecule has 2 heterocycles. The van der Waals surface area contributed by atoms with Gasteiger partial charge in [-0.2, -0.15) is 10.2 Å². The smallest absolute Gasteiger partial charge is 0.129 e. The number of likely N-dealkylation sites (N-methyl/N-ethyl adjacent to an activating group) is 1. The van der Waals surface area contributed by atoms with Gasteiger partial charge in [-0.05, 0) is 38.1 Å². The summed E-state index contributed by atoms with van der Waals surface area (Å²) in [6.07, 6.45) is 2.44. The maximum atomic E-state index is 7.50. The first-order chi connectivity index (χ1) is 12.7. The van der Waals surface area contributed by atoms with Crippen LogP contribution in [0.15, 0.2) is 24.4 Å². The molecule has 112 valence electrons. The monoisotopic (exact) mass is 293 g/mol. The van der Waals surface area contributed by atoms with E-state index in [0.717, 1.165) is 11.8 Å². The molecule has 0 N–H and O–H groups in total. The Labute approximate surface area is 133 Å². The first-order valence-corrected chi connectivity index (χ1v) is 6.92. The Morgan fingerprint density at radius 1 is 1.48 bits per heavy atom. The predicted molar refractivity (Wildman–Crippen MR) is 81.6 cm³/mol. The number of ether oxygens (including phenoxy) is 2. The molecule has 0 unspecified atom stereocenters. The molecule has 0 amide bonds. The van der Waals surface area contributed by atoms with Crippen molar-refractivity contribution in [2.45, 2.75) is 18.9 Å². The third-order valence-corrected chi connectivity index (χ3v) is 3.49. The number of hydrogen-bond acceptors (Lipinski definition) is 5. The zero-order valence-electron chi connectivity index (χ0n) is 17.6. The van der Waals surface area contributed by atoms with Crippen LogP contribution in [0.5, 0.6) is 5.75 Å². The lowest BCUT2D eigenvalue weighted by Crippen LogP contribution is -2.17. The van der Waals surface area contributed by atoms with Crippen molar-refractivity contribution in [3.63, 3.8) is 0 Å². The van der Waals surface area contributed by atoms with Crippen LogP contribution in [0.4, 0.5) is 0 Å². The van der Waals surface area contributed by atoms with Gasteiger partial charge in [0.1, 0.15) is 11.9 Å². The number of aromatic nitrogens is 2. The lowest BCUT2D eigenvalue weighted by atomic mass is 10.1. The van der Waals surface area contributed by atoms with Crippen LogP contribution in [0.3, 0.4) is 0 Å². The van der Waals surface area contributed by atoms with E-state index < -0.39 is 14.0 Å². The van der Waals surface area contributed by atoms with E-state index in [0.29, 0.717) is 34.9 Å². The summed E-state index contributed by atoms with van der Waals surface area (Å²) in [6.45, 7) is -4.46. The SMILES string of the molecule is [2H]C([2H])([2H])N(CCc1cnnc2cccc(O[C@@H]3CCOC3)c12)C([2H])([2H])[2H]. The van der Waals surface area contributed by atoms with Crippen LogP contribution in [-0.2, 0) is 11.2 Å². The highest BCUT2D eigenvalue weighted by Crippen LogP contribution is 2.29. The largest absolute Gasteiger partial charge is 0.487 e. The summed E-state index contributed by atoms with van der Waals surface area (Å²) in [7, 11) is 0. The molecule has 1 saturated heterocycles. The van der Waals surface area contributed by atoms with Crippen LogP contribution in [0.25, 0.3) is 10.9 Å². The van der Waals surface area contributed by atoms with E-state index >= 15 is 0 Å². The summed E-state index contributed by atoms with van der Waals surface area (Å²) in [5.41, 5.74) is 1.30. The van der Waals surface area contributed by atoms with Gasteiger partial charge >= 0.3 is 0 Å². The van der Waals surface area contributed by atoms with Gasteiger partial charge in [-0.15, -0.1) is 0 Å². The second-order valence-corrected chi connectivity index (χ2v) is 5.03. The molecular formula is C16H21N3O2. The summed E-state index contributed by atoms with van der Waals surface area (Å²) in [4.78, 5) is 0.542. The first-order valence-electron chi connectivity index (χ1n) is 9.92. The van der Waals surface area contributed by atoms with Gasteiger partial charge in [0.2, 0.25) is 0 Å². The zero-order chi connectivity index (χ0) is 19.7. The highest BCUT2D eigenvalue weighted by Gasteiger charge is 2.19. The summed E-state index contributed by atoms with van der Waals surface area (Å²) in [5.74, 6) is 0.613. The third kappa shape index (κ3) is 3.31. The van der Waals surface area contributed by atoms with Crippen molar-refractivity contribution in [3.8, 4) is 5.75 Å². The Morgan fingerprint density at radius 2 is 2.43 bits per heavy atom. The molecule has 0 bridgehead atoms. The van der Waals surface area contributed by atoms with E-state index in [2.05, 4.69) is 10.2 Å². The van der Waals surface area contributed by atoms with E-state index in [1.54, 1.807) is 6.07 Å². The van der Waals surface area contributed by atoms with Crippen LogP contribution < -0.4 is 4.74 Å². The van der Waals surface area contributed by atoms with Gasteiger partial charge in [0.15, 0.2) is 0 Å². The lowest BCUT2D eigenvalue weighted by molar-refractivity contribution is 0.142. The zero-order valence-corrected chi connectivity index (χ0v) is 11.6. The van der Waals surface area contributed by atoms with E-state index in [1.165, 1.54) is 6.20 Å². The molecule has 0 radical (unpaired) electrons. The normalized spacial score (nSPS) is 24.0. The van der Waals surface area contributed by atoms with Crippen molar-refractivity contribution in [3.05, 3.63) is 30.0 Å². The Kier molecular flexibility index (Phi) is 2.62. The molecule has 0 aliphatic carbocycles. The van der Waals surface area contributed by atoms with Crippen molar-refractivity contribution in [2.24, 2.45) is 0 Å². The fraction of sp³-hybridized carbons (Fsp3) is 0.500. The van der Waals surface area contributed by atoms with Crippen LogP contribution in [-0.4, -0.2) is 54.9 Å². The summed E-state index contributed by atoms with van der Waals surface area (Å²) < 4.78 is 56.4. The van der Waals surface area contributed by atoms with Gasteiger partial charge in [0.25, 0.3) is 0 Å². The molecule has 5 nitrogen and oxygen atoms in total. The number of nitrogens with zero attached hydrogens (tertiary/aromatic N) is 3. The third-order valence-electron chi connectivity index (χ3n) is 3.49. The number of hydrogen-bond donors (Lipinski definition) is 0. The highest BCUT2D eigenvalue weighted by molar-refractivity contribution is 5.87. The van der Waals surface area contributed by atoms with Gasteiger partial charge in [0.05, 0.1) is 24.9 Å². The molecule has 5 heteroatoms. The van der Waals surface area contributed by atoms with Crippen LogP contribution in [0, 0.1) is 0 Å². The van der Waals surface area contributed by atoms with Crippen molar-refractivity contribution in [1.29, 1.82) is 0 Å². The molecule has 1 atom stereocenters. The Morgan fingerprint density at radius 3 is 3.24 bits per heavy atom. The molecule has 1 aliphatic rings. The highest BCUT2D eigenvalue weighted by atomic mass is 16.5. The Balaban J connectivity index is 1.89. The van der Waals surface area contributed by atoms with Gasteiger partial charge in [-0.3, -0.25) is 0 Å². The fourth-order valence-electron chi connectivity index (χ4n) is 2.46. The molecule has 0 saturated carbocycles. The minimum Gasteiger partial charge on any atom is -0.487 e. The Hall–Kier alpha value is -1.72. The molecule has 21 heavy (non-hydrogen) atoms. The molecule has 1 fully saturated rings. The quantitative estimate of drug-likeness (QED) is 0.842. The summed E-state index contributed by atoms with van der Waals surface area (Å²) >= 11 is 0. The van der Waals surface area contributed by atoms with Crippen molar-refractivity contribution >= 4 is 10.9 Å². The molecule has 0 spiro atoms. The molecular weight excluding hydrogens is 266 g/mol. The second kappa shape index (κ2) is 6.37. The van der Waals surface area contributed by atoms with Crippen LogP contribution >= 0.6 is 0 Å². The topological polar surface area (TPSA) is 47.5 Å². The Bertz CT molecular complexity index is 771. The standard InChI is InChI=1S/C16H21N3O2/c1-19(2)8-6-12-10-17-18-14-4-3-5-15(16(12)14)21-13-7-9-20-11-13/h3-5,10,13H,6-9,11H2,1-2H3/t13-/m1/s1/i1D3,2D3. The number of rotatable bonds is 5. The van der Waals surface area contributed by atoms with Crippen molar-refractivity contribution in [1.82, 2.24) is 15.1 Å². The maximum absolute atomic E-state index is 7.50. The molecule has 3 rings (SSSR count). The van der Waals surface area contributed by atoms with Crippen LogP contribution in [0.1, 0.15) is 20.2 Å². The average molecular weight is 293 g/mol. The van der Waals surface area contributed by atoms with Gasteiger partial charge in [-0.25, -0.2) is 0 Å². The first kappa shape index (κ1) is 8.66. The van der Waals surface area contributed by atoms with Crippen molar-refractivity contribution in [2.75, 3.05) is 33.7 Å². The second-order valence-electron chi connectivity index (χ2n) is 5.03. The lowest BCUT2D eigenvalue weighted by Gasteiger charge is -2.16. The van der Waals surface area contributed by atoms with Crippen molar-refractivity contribution < 1.29 is 17.7 Å². The van der Waals surface area contributed by atoms with Crippen LogP contribution in [0.2, 0.25) is 0 Å². The minimum atomic E-state index is -2.72.